The molecule has 0 aromatic carbocycles. The van der Waals surface area contributed by atoms with E-state index in [0.29, 0.717) is 17.8 Å². The minimum Gasteiger partial charge on any atom is -0.478 e. The summed E-state index contributed by atoms with van der Waals surface area (Å²) in [4.78, 5) is 10.5. The van der Waals surface area contributed by atoms with E-state index < -0.39 is 11.6 Å². The first-order valence-corrected chi connectivity index (χ1v) is 7.84. The van der Waals surface area contributed by atoms with Crippen LogP contribution in [0.4, 0.5) is 0 Å². The van der Waals surface area contributed by atoms with Crippen molar-refractivity contribution >= 4 is 5.97 Å². The highest BCUT2D eigenvalue weighted by molar-refractivity contribution is 5.80. The Morgan fingerprint density at radius 2 is 1.90 bits per heavy atom. The van der Waals surface area contributed by atoms with E-state index in [4.69, 9.17) is 5.11 Å². The van der Waals surface area contributed by atoms with Crippen LogP contribution in [-0.2, 0) is 4.79 Å². The first-order valence-electron chi connectivity index (χ1n) is 7.84. The van der Waals surface area contributed by atoms with Gasteiger partial charge < -0.3 is 10.2 Å². The normalized spacial score (nSPS) is 43.3. The Balaban J connectivity index is 2.26. The van der Waals surface area contributed by atoms with Crippen LogP contribution in [0.25, 0.3) is 0 Å². The topological polar surface area (TPSA) is 57.5 Å². The predicted octanol–water partition coefficient (Wildman–Crippen LogP) is 3.42. The number of fused-ring (bicyclic) bond motifs is 1. The summed E-state index contributed by atoms with van der Waals surface area (Å²) in [5, 5.41) is 19.9. The van der Waals surface area contributed by atoms with Crippen molar-refractivity contribution in [2.45, 2.75) is 39.2 Å². The molecular weight excluding hydrogens is 264 g/mol. The van der Waals surface area contributed by atoms with Crippen LogP contribution in [0.5, 0.6) is 0 Å². The molecule has 0 aromatic rings. The molecule has 6 atom stereocenters. The van der Waals surface area contributed by atoms with Crippen molar-refractivity contribution < 1.29 is 15.0 Å². The standard InChI is InChI=1S/C18H26O3/c1-12-10-13(2)17-15(11-12)8-7-14(3)18(17,21)9-5-4-6-16(19)20/h4-9,12-15,17,21H,10-11H2,1-3H3,(H,19,20)/b6-4+,9-5+/t12-,13+,14-,15-,17?,18+/m0/s1. The molecule has 0 heterocycles. The predicted molar refractivity (Wildman–Crippen MR) is 83.7 cm³/mol. The SMILES string of the molecule is C[C@H]1C[C@@H](C)C2[C@@H](C=C[C@H](C)[C@]2(O)/C=C/C=C/C(=O)O)C1. The minimum atomic E-state index is -0.971. The average molecular weight is 290 g/mol. The molecule has 0 aromatic heterocycles. The zero-order chi connectivity index (χ0) is 15.6. The Morgan fingerprint density at radius 3 is 2.57 bits per heavy atom. The lowest BCUT2D eigenvalue weighted by molar-refractivity contribution is -0.131. The number of rotatable bonds is 3. The molecule has 0 saturated heterocycles. The van der Waals surface area contributed by atoms with E-state index in [1.807, 2.05) is 6.92 Å². The zero-order valence-corrected chi connectivity index (χ0v) is 13.1. The van der Waals surface area contributed by atoms with Gasteiger partial charge in [0.1, 0.15) is 0 Å². The zero-order valence-electron chi connectivity index (χ0n) is 13.1. The molecule has 2 N–H and O–H groups in total. The van der Waals surface area contributed by atoms with Gasteiger partial charge in [0.05, 0.1) is 5.60 Å². The molecule has 0 bridgehead atoms. The summed E-state index contributed by atoms with van der Waals surface area (Å²) in [6.07, 6.45) is 12.7. The van der Waals surface area contributed by atoms with E-state index in [1.165, 1.54) is 6.08 Å². The molecule has 1 fully saturated rings. The number of carboxylic acids is 1. The lowest BCUT2D eigenvalue weighted by Crippen LogP contribution is -2.52. The monoisotopic (exact) mass is 290 g/mol. The summed E-state index contributed by atoms with van der Waals surface area (Å²) in [6, 6.07) is 0. The van der Waals surface area contributed by atoms with Crippen LogP contribution in [0, 0.1) is 29.6 Å². The first kappa shape index (κ1) is 16.0. The molecule has 2 aliphatic rings. The molecule has 0 aliphatic heterocycles. The quantitative estimate of drug-likeness (QED) is 0.476. The largest absolute Gasteiger partial charge is 0.478 e. The average Bonchev–Trinajstić information content (AvgIpc) is 2.38. The molecular formula is C18H26O3. The summed E-state index contributed by atoms with van der Waals surface area (Å²) in [5.74, 6) is 0.856. The van der Waals surface area contributed by atoms with E-state index in [1.54, 1.807) is 12.2 Å². The molecule has 1 saturated carbocycles. The molecule has 2 rings (SSSR count). The van der Waals surface area contributed by atoms with Crippen molar-refractivity contribution in [1.82, 2.24) is 0 Å². The van der Waals surface area contributed by atoms with Gasteiger partial charge in [0.2, 0.25) is 0 Å². The molecule has 3 heteroatoms. The number of hydrogen-bond donors (Lipinski definition) is 2. The van der Waals surface area contributed by atoms with E-state index >= 15 is 0 Å². The maximum absolute atomic E-state index is 11.2. The van der Waals surface area contributed by atoms with Crippen LogP contribution in [0.15, 0.2) is 36.5 Å². The van der Waals surface area contributed by atoms with Crippen molar-refractivity contribution in [1.29, 1.82) is 0 Å². The molecule has 0 spiro atoms. The number of aliphatic hydroxyl groups is 1. The molecule has 2 aliphatic carbocycles. The van der Waals surface area contributed by atoms with Gasteiger partial charge >= 0.3 is 5.97 Å². The van der Waals surface area contributed by atoms with Gasteiger partial charge in [-0.1, -0.05) is 51.2 Å². The molecule has 116 valence electrons. The van der Waals surface area contributed by atoms with Crippen LogP contribution in [0.2, 0.25) is 0 Å². The van der Waals surface area contributed by atoms with Crippen LogP contribution in [0.1, 0.15) is 33.6 Å². The number of carbonyl (C=O) groups is 1. The molecule has 1 unspecified atom stereocenters. The van der Waals surface area contributed by atoms with Crippen LogP contribution in [0.3, 0.4) is 0 Å². The number of carboxylic acid groups (broad SMARTS) is 1. The van der Waals surface area contributed by atoms with Crippen LogP contribution in [-0.4, -0.2) is 21.8 Å². The first-order chi connectivity index (χ1) is 9.84. The van der Waals surface area contributed by atoms with Gasteiger partial charge in [-0.2, -0.15) is 0 Å². The van der Waals surface area contributed by atoms with Gasteiger partial charge in [-0.25, -0.2) is 4.79 Å². The van der Waals surface area contributed by atoms with Crippen LogP contribution >= 0.6 is 0 Å². The second kappa shape index (κ2) is 6.18. The molecule has 0 radical (unpaired) electrons. The Morgan fingerprint density at radius 1 is 1.19 bits per heavy atom. The lowest BCUT2D eigenvalue weighted by Gasteiger charge is -2.51. The van der Waals surface area contributed by atoms with Crippen molar-refractivity contribution in [2.24, 2.45) is 29.6 Å². The highest BCUT2D eigenvalue weighted by Crippen LogP contribution is 2.50. The second-order valence-electron chi connectivity index (χ2n) is 6.86. The van der Waals surface area contributed by atoms with E-state index in [2.05, 4.69) is 26.0 Å². The molecule has 3 nitrogen and oxygen atoms in total. The molecule has 0 amide bonds. The Kier molecular flexibility index (Phi) is 4.72. The van der Waals surface area contributed by atoms with Crippen molar-refractivity contribution in [3.63, 3.8) is 0 Å². The number of hydrogen-bond acceptors (Lipinski definition) is 2. The lowest BCUT2D eigenvalue weighted by atomic mass is 9.57. The fourth-order valence-corrected chi connectivity index (χ4v) is 4.29. The third kappa shape index (κ3) is 3.29. The van der Waals surface area contributed by atoms with Gasteiger partial charge in [0.25, 0.3) is 0 Å². The van der Waals surface area contributed by atoms with E-state index in [-0.39, 0.29) is 11.8 Å². The smallest absolute Gasteiger partial charge is 0.328 e. The Labute approximate surface area is 127 Å². The van der Waals surface area contributed by atoms with Gasteiger partial charge in [-0.3, -0.25) is 0 Å². The number of aliphatic carboxylic acids is 1. The Bertz CT molecular complexity index is 477. The van der Waals surface area contributed by atoms with Crippen molar-refractivity contribution in [2.75, 3.05) is 0 Å². The Hall–Kier alpha value is -1.35. The third-order valence-electron chi connectivity index (χ3n) is 5.15. The van der Waals surface area contributed by atoms with Gasteiger partial charge in [-0.05, 0) is 30.6 Å². The fourth-order valence-electron chi connectivity index (χ4n) is 4.29. The summed E-state index contributed by atoms with van der Waals surface area (Å²) in [5.41, 5.74) is -0.887. The summed E-state index contributed by atoms with van der Waals surface area (Å²) >= 11 is 0. The summed E-state index contributed by atoms with van der Waals surface area (Å²) in [6.45, 7) is 6.54. The summed E-state index contributed by atoms with van der Waals surface area (Å²) in [7, 11) is 0. The van der Waals surface area contributed by atoms with Crippen molar-refractivity contribution in [3.05, 3.63) is 36.5 Å². The van der Waals surface area contributed by atoms with Gasteiger partial charge in [0.15, 0.2) is 0 Å². The maximum Gasteiger partial charge on any atom is 0.328 e. The highest BCUT2D eigenvalue weighted by Gasteiger charge is 2.49. The van der Waals surface area contributed by atoms with Gasteiger partial charge in [0, 0.05) is 17.9 Å². The third-order valence-corrected chi connectivity index (χ3v) is 5.15. The fraction of sp³-hybridized carbons (Fsp3) is 0.611. The maximum atomic E-state index is 11.2. The van der Waals surface area contributed by atoms with Crippen molar-refractivity contribution in [3.8, 4) is 0 Å². The van der Waals surface area contributed by atoms with E-state index in [9.17, 15) is 9.90 Å². The summed E-state index contributed by atoms with van der Waals surface area (Å²) < 4.78 is 0. The van der Waals surface area contributed by atoms with E-state index in [0.717, 1.165) is 18.9 Å². The van der Waals surface area contributed by atoms with Crippen LogP contribution < -0.4 is 0 Å². The highest BCUT2D eigenvalue weighted by atomic mass is 16.4. The molecule has 21 heavy (non-hydrogen) atoms. The number of allylic oxidation sites excluding steroid dienone is 3. The van der Waals surface area contributed by atoms with Gasteiger partial charge in [-0.15, -0.1) is 0 Å². The minimum absolute atomic E-state index is 0.0454. The second-order valence-corrected chi connectivity index (χ2v) is 6.86.